The fraction of sp³-hybridized carbons (Fsp3) is 0.320. The van der Waals surface area contributed by atoms with Crippen LogP contribution >= 0.6 is 0 Å². The number of aromatic nitrogens is 2. The van der Waals surface area contributed by atoms with E-state index in [9.17, 15) is 9.59 Å². The van der Waals surface area contributed by atoms with E-state index in [1.54, 1.807) is 0 Å². The Kier molecular flexibility index (Phi) is 6.25. The minimum Gasteiger partial charge on any atom is -0.460 e. The first kappa shape index (κ1) is 21.6. The quantitative estimate of drug-likeness (QED) is 0.617. The van der Waals surface area contributed by atoms with Gasteiger partial charge in [-0.2, -0.15) is 5.10 Å². The molecule has 0 aliphatic carbocycles. The molecule has 7 nitrogen and oxygen atoms in total. The Hall–Kier alpha value is -3.61. The van der Waals surface area contributed by atoms with Crippen molar-refractivity contribution in [2.75, 3.05) is 13.1 Å². The molecule has 0 radical (unpaired) electrons. The maximum absolute atomic E-state index is 12.7. The molecule has 3 aromatic rings. The summed E-state index contributed by atoms with van der Waals surface area (Å²) in [5.41, 5.74) is 11.3. The molecule has 2 N–H and O–H groups in total. The number of carbonyl (C=O) groups is 2. The number of likely N-dealkylation sites (tertiary alicyclic amines) is 1. The number of aryl methyl sites for hydroxylation is 2. The molecule has 4 rings (SSSR count). The van der Waals surface area contributed by atoms with Gasteiger partial charge in [0.2, 0.25) is 0 Å². The lowest BCUT2D eigenvalue weighted by molar-refractivity contribution is -0.151. The third-order valence-electron chi connectivity index (χ3n) is 6.03. The van der Waals surface area contributed by atoms with Gasteiger partial charge in [0.1, 0.15) is 6.61 Å². The standard InChI is InChI=1S/C25H28N4O3/c1-17-10-11-19(13-18(17)2)23-21(15-29(27-23)22-8-4-3-5-9-22)16-32-24(30)20-7-6-12-28(14-20)25(26)31/h3-5,8-11,13,15,20H,6-7,12,14,16H2,1-2H3,(H2,26,31). The fourth-order valence-corrected chi connectivity index (χ4v) is 4.00. The number of hydrogen-bond donors (Lipinski definition) is 1. The number of esters is 1. The fourth-order valence-electron chi connectivity index (χ4n) is 4.00. The number of para-hydroxylation sites is 1. The zero-order valence-corrected chi connectivity index (χ0v) is 18.5. The van der Waals surface area contributed by atoms with E-state index < -0.39 is 6.03 Å². The first-order valence-electron chi connectivity index (χ1n) is 10.8. The molecule has 7 heteroatoms. The summed E-state index contributed by atoms with van der Waals surface area (Å²) in [4.78, 5) is 25.7. The van der Waals surface area contributed by atoms with E-state index in [0.717, 1.165) is 28.9 Å². The summed E-state index contributed by atoms with van der Waals surface area (Å²) in [5.74, 6) is -0.667. The number of hydrogen-bond acceptors (Lipinski definition) is 4. The van der Waals surface area contributed by atoms with E-state index >= 15 is 0 Å². The molecule has 2 heterocycles. The van der Waals surface area contributed by atoms with Gasteiger partial charge in [-0.05, 0) is 56.0 Å². The number of rotatable bonds is 5. The van der Waals surface area contributed by atoms with Crippen molar-refractivity contribution in [1.82, 2.24) is 14.7 Å². The van der Waals surface area contributed by atoms with Crippen molar-refractivity contribution in [3.63, 3.8) is 0 Å². The third-order valence-corrected chi connectivity index (χ3v) is 6.03. The highest BCUT2D eigenvalue weighted by Crippen LogP contribution is 2.27. The summed E-state index contributed by atoms with van der Waals surface area (Å²) in [6, 6.07) is 15.5. The monoisotopic (exact) mass is 432 g/mol. The number of nitrogens with two attached hydrogens (primary N) is 1. The van der Waals surface area contributed by atoms with Crippen LogP contribution in [0.15, 0.2) is 54.7 Å². The Morgan fingerprint density at radius 2 is 1.91 bits per heavy atom. The summed E-state index contributed by atoms with van der Waals surface area (Å²) in [5, 5.41) is 4.80. The van der Waals surface area contributed by atoms with Gasteiger partial charge < -0.3 is 15.4 Å². The zero-order chi connectivity index (χ0) is 22.7. The number of piperidine rings is 1. The normalized spacial score (nSPS) is 16.1. The number of ether oxygens (including phenoxy) is 1. The number of benzene rings is 2. The maximum atomic E-state index is 12.7. The Balaban J connectivity index is 1.58. The molecule has 166 valence electrons. The second kappa shape index (κ2) is 9.26. The maximum Gasteiger partial charge on any atom is 0.314 e. The molecule has 1 saturated heterocycles. The summed E-state index contributed by atoms with van der Waals surface area (Å²) in [6.07, 6.45) is 3.34. The van der Waals surface area contributed by atoms with Crippen LogP contribution in [0, 0.1) is 19.8 Å². The van der Waals surface area contributed by atoms with E-state index in [4.69, 9.17) is 15.6 Å². The lowest BCUT2D eigenvalue weighted by atomic mass is 9.98. The van der Waals surface area contributed by atoms with Crippen LogP contribution in [0.2, 0.25) is 0 Å². The van der Waals surface area contributed by atoms with Crippen LogP contribution in [0.4, 0.5) is 4.79 Å². The summed E-state index contributed by atoms with van der Waals surface area (Å²) < 4.78 is 7.50. The van der Waals surface area contributed by atoms with Gasteiger partial charge in [-0.25, -0.2) is 9.48 Å². The lowest BCUT2D eigenvalue weighted by Crippen LogP contribution is -2.45. The van der Waals surface area contributed by atoms with Crippen molar-refractivity contribution >= 4 is 12.0 Å². The second-order valence-corrected chi connectivity index (χ2v) is 8.31. The van der Waals surface area contributed by atoms with E-state index in [0.29, 0.717) is 19.5 Å². The molecular formula is C25H28N4O3. The molecule has 32 heavy (non-hydrogen) atoms. The van der Waals surface area contributed by atoms with Gasteiger partial charge in [0, 0.05) is 30.4 Å². The Labute approximate surface area is 187 Å². The summed E-state index contributed by atoms with van der Waals surface area (Å²) >= 11 is 0. The van der Waals surface area contributed by atoms with Gasteiger partial charge >= 0.3 is 12.0 Å². The average Bonchev–Trinajstić information content (AvgIpc) is 3.24. The van der Waals surface area contributed by atoms with Gasteiger partial charge in [-0.3, -0.25) is 4.79 Å². The van der Waals surface area contributed by atoms with Crippen molar-refractivity contribution in [2.24, 2.45) is 11.7 Å². The Morgan fingerprint density at radius 3 is 2.62 bits per heavy atom. The van der Waals surface area contributed by atoms with Crippen LogP contribution in [-0.4, -0.2) is 39.8 Å². The summed E-state index contributed by atoms with van der Waals surface area (Å²) in [7, 11) is 0. The lowest BCUT2D eigenvalue weighted by Gasteiger charge is -2.30. The minimum atomic E-state index is -0.497. The highest BCUT2D eigenvalue weighted by Gasteiger charge is 2.29. The van der Waals surface area contributed by atoms with E-state index in [-0.39, 0.29) is 18.5 Å². The van der Waals surface area contributed by atoms with Gasteiger partial charge in [-0.15, -0.1) is 0 Å². The van der Waals surface area contributed by atoms with E-state index in [2.05, 4.69) is 26.0 Å². The molecular weight excluding hydrogens is 404 g/mol. The van der Waals surface area contributed by atoms with Gasteiger partial charge in [-0.1, -0.05) is 30.3 Å². The molecule has 1 aliphatic heterocycles. The van der Waals surface area contributed by atoms with E-state index in [1.807, 2.05) is 47.3 Å². The van der Waals surface area contributed by atoms with E-state index in [1.165, 1.54) is 16.0 Å². The number of urea groups is 1. The third kappa shape index (κ3) is 4.66. The topological polar surface area (TPSA) is 90.5 Å². The molecule has 1 atom stereocenters. The van der Waals surface area contributed by atoms with Crippen LogP contribution in [0.25, 0.3) is 16.9 Å². The molecule has 1 fully saturated rings. The molecule has 2 amide bonds. The molecule has 0 spiro atoms. The predicted octanol–water partition coefficient (Wildman–Crippen LogP) is 3.99. The first-order valence-corrected chi connectivity index (χ1v) is 10.8. The van der Waals surface area contributed by atoms with Crippen LogP contribution in [0.5, 0.6) is 0 Å². The SMILES string of the molecule is Cc1ccc(-c2nn(-c3ccccc3)cc2COC(=O)C2CCCN(C(N)=O)C2)cc1C. The molecule has 0 saturated carbocycles. The zero-order valence-electron chi connectivity index (χ0n) is 18.5. The Bertz CT molecular complexity index is 1120. The van der Waals surface area contributed by atoms with Crippen LogP contribution in [-0.2, 0) is 16.1 Å². The van der Waals surface area contributed by atoms with Crippen molar-refractivity contribution in [3.8, 4) is 16.9 Å². The Morgan fingerprint density at radius 1 is 1.12 bits per heavy atom. The molecule has 1 aliphatic rings. The molecule has 1 unspecified atom stereocenters. The predicted molar refractivity (Wildman–Crippen MR) is 122 cm³/mol. The van der Waals surface area contributed by atoms with Crippen molar-refractivity contribution in [2.45, 2.75) is 33.3 Å². The first-order chi connectivity index (χ1) is 15.4. The van der Waals surface area contributed by atoms with Gasteiger partial charge in [0.25, 0.3) is 0 Å². The summed E-state index contributed by atoms with van der Waals surface area (Å²) in [6.45, 7) is 5.15. The molecule has 1 aromatic heterocycles. The number of carbonyl (C=O) groups excluding carboxylic acids is 2. The van der Waals surface area contributed by atoms with Gasteiger partial charge in [0.05, 0.1) is 17.3 Å². The molecule has 0 bridgehead atoms. The highest BCUT2D eigenvalue weighted by atomic mass is 16.5. The number of amides is 2. The minimum absolute atomic E-state index is 0.112. The van der Waals surface area contributed by atoms with Crippen molar-refractivity contribution in [3.05, 3.63) is 71.4 Å². The van der Waals surface area contributed by atoms with Crippen molar-refractivity contribution < 1.29 is 14.3 Å². The van der Waals surface area contributed by atoms with Crippen molar-refractivity contribution in [1.29, 1.82) is 0 Å². The number of nitrogens with zero attached hydrogens (tertiary/aromatic N) is 3. The van der Waals surface area contributed by atoms with Crippen LogP contribution < -0.4 is 5.73 Å². The highest BCUT2D eigenvalue weighted by molar-refractivity contribution is 5.76. The smallest absolute Gasteiger partial charge is 0.314 e. The second-order valence-electron chi connectivity index (χ2n) is 8.31. The van der Waals surface area contributed by atoms with Crippen LogP contribution in [0.1, 0.15) is 29.5 Å². The van der Waals surface area contributed by atoms with Gasteiger partial charge in [0.15, 0.2) is 0 Å². The average molecular weight is 433 g/mol. The molecule has 2 aromatic carbocycles. The largest absolute Gasteiger partial charge is 0.460 e. The van der Waals surface area contributed by atoms with Crippen LogP contribution in [0.3, 0.4) is 0 Å². The number of primary amides is 1.